The molecular formula is C16H23N3. The van der Waals surface area contributed by atoms with Gasteiger partial charge in [-0.2, -0.15) is 0 Å². The molecule has 0 radical (unpaired) electrons. The smallest absolute Gasteiger partial charge is 0.110 e. The van der Waals surface area contributed by atoms with Gasteiger partial charge in [-0.15, -0.1) is 0 Å². The molecular weight excluding hydrogens is 234 g/mol. The van der Waals surface area contributed by atoms with Gasteiger partial charge in [0.1, 0.15) is 5.82 Å². The first-order chi connectivity index (χ1) is 9.22. The van der Waals surface area contributed by atoms with E-state index in [-0.39, 0.29) is 6.04 Å². The first kappa shape index (κ1) is 12.7. The van der Waals surface area contributed by atoms with E-state index in [2.05, 4.69) is 23.2 Å². The average Bonchev–Trinajstić information content (AvgIpc) is 2.82. The molecule has 0 amide bonds. The van der Waals surface area contributed by atoms with Gasteiger partial charge in [0.25, 0.3) is 0 Å². The Hall–Kier alpha value is -1.35. The van der Waals surface area contributed by atoms with Crippen molar-refractivity contribution in [3.8, 4) is 0 Å². The minimum Gasteiger partial charge on any atom is -0.342 e. The summed E-state index contributed by atoms with van der Waals surface area (Å²) in [4.78, 5) is 8.30. The van der Waals surface area contributed by atoms with E-state index < -0.39 is 0 Å². The van der Waals surface area contributed by atoms with Crippen molar-refractivity contribution >= 4 is 11.0 Å². The summed E-state index contributed by atoms with van der Waals surface area (Å²) in [5.41, 5.74) is 9.41. The number of hydrogen-bond acceptors (Lipinski definition) is 2. The number of H-pyrrole nitrogens is 1. The van der Waals surface area contributed by atoms with Gasteiger partial charge in [-0.25, -0.2) is 4.98 Å². The third kappa shape index (κ3) is 2.81. The van der Waals surface area contributed by atoms with Crippen LogP contribution < -0.4 is 5.73 Å². The number of benzene rings is 1. The quantitative estimate of drug-likeness (QED) is 0.884. The van der Waals surface area contributed by atoms with Crippen molar-refractivity contribution in [2.24, 2.45) is 5.73 Å². The zero-order chi connectivity index (χ0) is 13.2. The van der Waals surface area contributed by atoms with Crippen molar-refractivity contribution in [1.82, 2.24) is 9.97 Å². The molecule has 3 nitrogen and oxygen atoms in total. The SMILES string of the molecule is CC(N)Cc1ccc2nc(C3CCCCC3)[nH]c2c1. The topological polar surface area (TPSA) is 54.7 Å². The molecule has 2 aromatic rings. The van der Waals surface area contributed by atoms with Crippen molar-refractivity contribution in [1.29, 1.82) is 0 Å². The Kier molecular flexibility index (Phi) is 3.56. The lowest BCUT2D eigenvalue weighted by Gasteiger charge is -2.18. The highest BCUT2D eigenvalue weighted by Gasteiger charge is 2.18. The van der Waals surface area contributed by atoms with Crippen LogP contribution in [0.25, 0.3) is 11.0 Å². The van der Waals surface area contributed by atoms with Gasteiger partial charge in [-0.05, 0) is 43.9 Å². The Balaban J connectivity index is 1.87. The number of rotatable bonds is 3. The van der Waals surface area contributed by atoms with Crippen LogP contribution in [-0.4, -0.2) is 16.0 Å². The lowest BCUT2D eigenvalue weighted by molar-refractivity contribution is 0.431. The van der Waals surface area contributed by atoms with Crippen molar-refractivity contribution in [2.75, 3.05) is 0 Å². The monoisotopic (exact) mass is 257 g/mol. The molecule has 1 aliphatic rings. The van der Waals surface area contributed by atoms with Crippen molar-refractivity contribution in [2.45, 2.75) is 57.4 Å². The van der Waals surface area contributed by atoms with Crippen molar-refractivity contribution in [3.63, 3.8) is 0 Å². The molecule has 1 heterocycles. The fraction of sp³-hybridized carbons (Fsp3) is 0.562. The summed E-state index contributed by atoms with van der Waals surface area (Å²) in [6.07, 6.45) is 7.57. The number of aromatic amines is 1. The van der Waals surface area contributed by atoms with Gasteiger partial charge in [0, 0.05) is 12.0 Å². The highest BCUT2D eigenvalue weighted by atomic mass is 14.9. The Morgan fingerprint density at radius 2 is 2.11 bits per heavy atom. The average molecular weight is 257 g/mol. The fourth-order valence-electron chi connectivity index (χ4n) is 3.14. The molecule has 0 saturated heterocycles. The maximum absolute atomic E-state index is 5.86. The minimum atomic E-state index is 0.207. The zero-order valence-corrected chi connectivity index (χ0v) is 11.7. The van der Waals surface area contributed by atoms with Gasteiger partial charge in [0.2, 0.25) is 0 Å². The van der Waals surface area contributed by atoms with Gasteiger partial charge in [-0.3, -0.25) is 0 Å². The third-order valence-electron chi connectivity index (χ3n) is 4.11. The van der Waals surface area contributed by atoms with Crippen molar-refractivity contribution < 1.29 is 0 Å². The first-order valence-electron chi connectivity index (χ1n) is 7.46. The molecule has 0 aliphatic heterocycles. The van der Waals surface area contributed by atoms with Crippen LogP contribution in [0.1, 0.15) is 56.3 Å². The van der Waals surface area contributed by atoms with Gasteiger partial charge in [-0.1, -0.05) is 25.3 Å². The molecule has 102 valence electrons. The molecule has 0 spiro atoms. The number of nitrogens with two attached hydrogens (primary N) is 1. The van der Waals surface area contributed by atoms with E-state index in [1.807, 2.05) is 6.92 Å². The number of nitrogens with one attached hydrogen (secondary N) is 1. The van der Waals surface area contributed by atoms with E-state index in [9.17, 15) is 0 Å². The normalized spacial score (nSPS) is 18.8. The molecule has 1 unspecified atom stereocenters. The molecule has 1 fully saturated rings. The largest absolute Gasteiger partial charge is 0.342 e. The van der Waals surface area contributed by atoms with Gasteiger partial charge >= 0.3 is 0 Å². The Bertz CT molecular complexity index is 550. The summed E-state index contributed by atoms with van der Waals surface area (Å²) in [6, 6.07) is 6.68. The summed E-state index contributed by atoms with van der Waals surface area (Å²) in [6.45, 7) is 2.05. The van der Waals surface area contributed by atoms with Crippen LogP contribution in [0.2, 0.25) is 0 Å². The summed E-state index contributed by atoms with van der Waals surface area (Å²) in [5, 5.41) is 0. The van der Waals surface area contributed by atoms with Crippen LogP contribution in [0.5, 0.6) is 0 Å². The molecule has 3 heteroatoms. The molecule has 3 rings (SSSR count). The van der Waals surface area contributed by atoms with Gasteiger partial charge < -0.3 is 10.7 Å². The molecule has 19 heavy (non-hydrogen) atoms. The molecule has 1 aromatic carbocycles. The molecule has 1 aromatic heterocycles. The van der Waals surface area contributed by atoms with Crippen LogP contribution in [0.15, 0.2) is 18.2 Å². The fourth-order valence-corrected chi connectivity index (χ4v) is 3.14. The minimum absolute atomic E-state index is 0.207. The molecule has 3 N–H and O–H groups in total. The van der Waals surface area contributed by atoms with Gasteiger partial charge in [0.05, 0.1) is 11.0 Å². The second kappa shape index (κ2) is 5.33. The third-order valence-corrected chi connectivity index (χ3v) is 4.11. The number of nitrogens with zero attached hydrogens (tertiary/aromatic N) is 1. The van der Waals surface area contributed by atoms with Crippen LogP contribution in [0.4, 0.5) is 0 Å². The number of aromatic nitrogens is 2. The Morgan fingerprint density at radius 3 is 2.84 bits per heavy atom. The predicted molar refractivity (Wildman–Crippen MR) is 79.3 cm³/mol. The summed E-state index contributed by atoms with van der Waals surface area (Å²) in [7, 11) is 0. The summed E-state index contributed by atoms with van der Waals surface area (Å²) in [5.74, 6) is 1.82. The maximum atomic E-state index is 5.86. The van der Waals surface area contributed by atoms with E-state index >= 15 is 0 Å². The van der Waals surface area contributed by atoms with Crippen LogP contribution >= 0.6 is 0 Å². The Labute approximate surface area is 114 Å². The van der Waals surface area contributed by atoms with E-state index in [0.717, 1.165) is 11.9 Å². The van der Waals surface area contributed by atoms with Gasteiger partial charge in [0.15, 0.2) is 0 Å². The van der Waals surface area contributed by atoms with Crippen molar-refractivity contribution in [3.05, 3.63) is 29.6 Å². The standard InChI is InChI=1S/C16H23N3/c1-11(17)9-12-7-8-14-15(10-12)19-16(18-14)13-5-3-2-4-6-13/h7-8,10-11,13H,2-6,9,17H2,1H3,(H,18,19). The van der Waals surface area contributed by atoms with E-state index in [1.54, 1.807) is 0 Å². The molecule has 1 saturated carbocycles. The Morgan fingerprint density at radius 1 is 1.32 bits per heavy atom. The number of hydrogen-bond donors (Lipinski definition) is 2. The van der Waals surface area contributed by atoms with E-state index in [1.165, 1.54) is 49.0 Å². The lowest BCUT2D eigenvalue weighted by Crippen LogP contribution is -2.17. The second-order valence-electron chi connectivity index (χ2n) is 5.99. The van der Waals surface area contributed by atoms with E-state index in [0.29, 0.717) is 5.92 Å². The lowest BCUT2D eigenvalue weighted by atomic mass is 9.89. The highest BCUT2D eigenvalue weighted by molar-refractivity contribution is 5.76. The molecule has 1 atom stereocenters. The van der Waals surface area contributed by atoms with Crippen LogP contribution in [0.3, 0.4) is 0 Å². The molecule has 0 bridgehead atoms. The highest BCUT2D eigenvalue weighted by Crippen LogP contribution is 2.32. The van der Waals surface area contributed by atoms with E-state index in [4.69, 9.17) is 10.7 Å². The van der Waals surface area contributed by atoms with Crippen LogP contribution in [-0.2, 0) is 6.42 Å². The predicted octanol–water partition coefficient (Wildman–Crippen LogP) is 3.50. The summed E-state index contributed by atoms with van der Waals surface area (Å²) < 4.78 is 0. The summed E-state index contributed by atoms with van der Waals surface area (Å²) >= 11 is 0. The number of imidazole rings is 1. The first-order valence-corrected chi connectivity index (χ1v) is 7.46. The maximum Gasteiger partial charge on any atom is 0.110 e. The second-order valence-corrected chi connectivity index (χ2v) is 5.99. The number of fused-ring (bicyclic) bond motifs is 1. The zero-order valence-electron chi connectivity index (χ0n) is 11.7. The molecule has 1 aliphatic carbocycles. The van der Waals surface area contributed by atoms with Crippen LogP contribution in [0, 0.1) is 0 Å².